The highest BCUT2D eigenvalue weighted by Gasteiger charge is 2.26. The van der Waals surface area contributed by atoms with Crippen LogP contribution in [0.2, 0.25) is 0 Å². The molecule has 0 aliphatic carbocycles. The summed E-state index contributed by atoms with van der Waals surface area (Å²) < 4.78 is 20.5. The van der Waals surface area contributed by atoms with E-state index in [4.69, 9.17) is 4.74 Å². The molecule has 0 saturated carbocycles. The van der Waals surface area contributed by atoms with Crippen molar-refractivity contribution in [2.24, 2.45) is 5.41 Å². The van der Waals surface area contributed by atoms with Gasteiger partial charge < -0.3 is 14.9 Å². The summed E-state index contributed by atoms with van der Waals surface area (Å²) in [7, 11) is 0. The van der Waals surface area contributed by atoms with Crippen LogP contribution in [0, 0.1) is 11.2 Å². The van der Waals surface area contributed by atoms with Crippen molar-refractivity contribution in [2.45, 2.75) is 59.3 Å². The van der Waals surface area contributed by atoms with Gasteiger partial charge in [-0.1, -0.05) is 75.0 Å². The number of aryl methyl sites for hydroxylation is 3. The van der Waals surface area contributed by atoms with Crippen LogP contribution in [0.25, 0.3) is 22.3 Å². The van der Waals surface area contributed by atoms with Gasteiger partial charge in [-0.3, -0.25) is 0 Å². The van der Waals surface area contributed by atoms with E-state index in [-0.39, 0.29) is 25.0 Å². The fourth-order valence-electron chi connectivity index (χ4n) is 4.72. The first kappa shape index (κ1) is 30.3. The van der Waals surface area contributed by atoms with E-state index in [9.17, 15) is 15.0 Å². The molecule has 3 aromatic rings. The number of hydrogen-bond donors (Lipinski definition) is 2. The number of carbonyl (C=O) groups is 1. The van der Waals surface area contributed by atoms with E-state index in [1.807, 2.05) is 55.5 Å². The van der Waals surface area contributed by atoms with Crippen LogP contribution < -0.4 is 0 Å². The molecule has 0 bridgehead atoms. The summed E-state index contributed by atoms with van der Waals surface area (Å²) in [6.45, 7) is 9.55. The average Bonchev–Trinajstić information content (AvgIpc) is 2.96. The van der Waals surface area contributed by atoms with Crippen LogP contribution in [0.4, 0.5) is 4.39 Å². The fourth-order valence-corrected chi connectivity index (χ4v) is 4.72. The van der Waals surface area contributed by atoms with E-state index in [1.165, 1.54) is 0 Å². The Morgan fingerprint density at radius 3 is 2.13 bits per heavy atom. The molecule has 39 heavy (non-hydrogen) atoms. The number of aliphatic hydroxyl groups excluding tert-OH is 2. The maximum Gasteiger partial charge on any atom is 0.333 e. The highest BCUT2D eigenvalue weighted by molar-refractivity contribution is 5.86. The number of halogens is 1. The van der Waals surface area contributed by atoms with Gasteiger partial charge in [-0.05, 0) is 84.9 Å². The van der Waals surface area contributed by atoms with Crippen LogP contribution in [-0.4, -0.2) is 36.0 Å². The van der Waals surface area contributed by atoms with Gasteiger partial charge in [0.15, 0.2) is 0 Å². The molecular weight excluding hydrogens is 491 g/mol. The van der Waals surface area contributed by atoms with E-state index >= 15 is 4.39 Å². The maximum atomic E-state index is 15.4. The van der Waals surface area contributed by atoms with E-state index in [2.05, 4.69) is 19.6 Å². The zero-order valence-corrected chi connectivity index (χ0v) is 23.4. The Bertz CT molecular complexity index is 1250. The molecule has 0 aliphatic heterocycles. The Morgan fingerprint density at radius 2 is 1.54 bits per heavy atom. The summed E-state index contributed by atoms with van der Waals surface area (Å²) in [5.41, 5.74) is 6.49. The summed E-state index contributed by atoms with van der Waals surface area (Å²) in [6.07, 6.45) is 4.45. The van der Waals surface area contributed by atoms with Crippen molar-refractivity contribution in [1.29, 1.82) is 0 Å². The molecule has 0 unspecified atom stereocenters. The van der Waals surface area contributed by atoms with Gasteiger partial charge in [0, 0.05) is 16.6 Å². The Kier molecular flexibility index (Phi) is 11.0. The fraction of sp³-hybridized carbons (Fsp3) is 0.382. The topological polar surface area (TPSA) is 66.8 Å². The molecule has 0 fully saturated rings. The molecule has 208 valence electrons. The zero-order chi connectivity index (χ0) is 28.4. The van der Waals surface area contributed by atoms with Gasteiger partial charge in [-0.25, -0.2) is 9.18 Å². The van der Waals surface area contributed by atoms with Gasteiger partial charge >= 0.3 is 5.97 Å². The first-order chi connectivity index (χ1) is 18.8. The normalized spacial score (nSPS) is 11.4. The molecule has 0 saturated heterocycles. The average molecular weight is 533 g/mol. The van der Waals surface area contributed by atoms with Crippen LogP contribution >= 0.6 is 0 Å². The van der Waals surface area contributed by atoms with Crippen LogP contribution in [0.1, 0.15) is 56.7 Å². The first-order valence-electron chi connectivity index (χ1n) is 13.8. The van der Waals surface area contributed by atoms with Gasteiger partial charge in [0.05, 0.1) is 19.8 Å². The van der Waals surface area contributed by atoms with Crippen molar-refractivity contribution in [3.63, 3.8) is 0 Å². The molecule has 0 amide bonds. The van der Waals surface area contributed by atoms with Crippen molar-refractivity contribution in [2.75, 3.05) is 19.8 Å². The van der Waals surface area contributed by atoms with Crippen molar-refractivity contribution < 1.29 is 24.1 Å². The van der Waals surface area contributed by atoms with Crippen molar-refractivity contribution in [3.8, 4) is 22.3 Å². The molecule has 5 heteroatoms. The lowest BCUT2D eigenvalue weighted by Crippen LogP contribution is -2.29. The third kappa shape index (κ3) is 7.87. The largest absolute Gasteiger partial charge is 0.462 e. The molecule has 0 heterocycles. The third-order valence-corrected chi connectivity index (χ3v) is 7.65. The van der Waals surface area contributed by atoms with Crippen LogP contribution in [0.5, 0.6) is 0 Å². The van der Waals surface area contributed by atoms with E-state index < -0.39 is 5.41 Å². The molecule has 0 aliphatic rings. The van der Waals surface area contributed by atoms with Crippen LogP contribution in [-0.2, 0) is 28.8 Å². The standard InChI is InChI=1S/C34H41FO4/c1-5-27-20-26(17-18-34(6-2,22-36)23-37)11-15-30(27)31-16-14-29(21-32(31)35)28-12-9-25(10-13-28)8-7-19-39-33(38)24(3)4/h9-16,20-21,36-37H,3,5-8,17-19,22-23H2,1-2,4H3. The number of esters is 1. The summed E-state index contributed by atoms with van der Waals surface area (Å²) in [6, 6.07) is 19.6. The van der Waals surface area contributed by atoms with Crippen LogP contribution in [0.3, 0.4) is 0 Å². The Balaban J connectivity index is 1.70. The van der Waals surface area contributed by atoms with E-state index in [0.29, 0.717) is 30.6 Å². The van der Waals surface area contributed by atoms with Crippen LogP contribution in [0.15, 0.2) is 72.8 Å². The smallest absolute Gasteiger partial charge is 0.333 e. The molecule has 4 nitrogen and oxygen atoms in total. The lowest BCUT2D eigenvalue weighted by Gasteiger charge is -2.28. The van der Waals surface area contributed by atoms with Gasteiger partial charge in [-0.2, -0.15) is 0 Å². The second kappa shape index (κ2) is 14.2. The predicted molar refractivity (Wildman–Crippen MR) is 156 cm³/mol. The lowest BCUT2D eigenvalue weighted by molar-refractivity contribution is -0.139. The Labute approximate surface area is 232 Å². The summed E-state index contributed by atoms with van der Waals surface area (Å²) in [5.74, 6) is -0.624. The predicted octanol–water partition coefficient (Wildman–Crippen LogP) is 7.09. The van der Waals surface area contributed by atoms with Gasteiger partial charge in [-0.15, -0.1) is 0 Å². The zero-order valence-electron chi connectivity index (χ0n) is 23.4. The quantitative estimate of drug-likeness (QED) is 0.132. The van der Waals surface area contributed by atoms with E-state index in [0.717, 1.165) is 59.1 Å². The molecule has 0 aromatic heterocycles. The van der Waals surface area contributed by atoms with Crippen molar-refractivity contribution in [1.82, 2.24) is 0 Å². The highest BCUT2D eigenvalue weighted by Crippen LogP contribution is 2.33. The minimum Gasteiger partial charge on any atom is -0.462 e. The lowest BCUT2D eigenvalue weighted by atomic mass is 9.81. The minimum atomic E-state index is -0.468. The highest BCUT2D eigenvalue weighted by atomic mass is 19.1. The molecular formula is C34H41FO4. The number of hydrogen-bond acceptors (Lipinski definition) is 4. The van der Waals surface area contributed by atoms with Gasteiger partial charge in [0.25, 0.3) is 0 Å². The number of rotatable bonds is 14. The molecule has 3 rings (SSSR count). The Hall–Kier alpha value is -3.28. The van der Waals surface area contributed by atoms with Crippen molar-refractivity contribution >= 4 is 5.97 Å². The number of ether oxygens (including phenoxy) is 1. The first-order valence-corrected chi connectivity index (χ1v) is 13.8. The molecule has 0 atom stereocenters. The van der Waals surface area contributed by atoms with E-state index in [1.54, 1.807) is 13.0 Å². The number of aliphatic hydroxyl groups is 2. The summed E-state index contributed by atoms with van der Waals surface area (Å²) in [4.78, 5) is 11.5. The number of carbonyl (C=O) groups excluding carboxylic acids is 1. The molecule has 0 radical (unpaired) electrons. The molecule has 3 aromatic carbocycles. The summed E-state index contributed by atoms with van der Waals surface area (Å²) in [5, 5.41) is 19.5. The second-order valence-electron chi connectivity index (χ2n) is 10.4. The Morgan fingerprint density at radius 1 is 0.897 bits per heavy atom. The third-order valence-electron chi connectivity index (χ3n) is 7.65. The molecule has 0 spiro atoms. The van der Waals surface area contributed by atoms with Gasteiger partial charge in [0.2, 0.25) is 0 Å². The summed E-state index contributed by atoms with van der Waals surface area (Å²) >= 11 is 0. The van der Waals surface area contributed by atoms with Gasteiger partial charge in [0.1, 0.15) is 5.82 Å². The molecule has 2 N–H and O–H groups in total. The SMILES string of the molecule is C=C(C)C(=O)OCCCc1ccc(-c2ccc(-c3ccc(CCC(CC)(CO)CO)cc3CC)c(F)c2)cc1. The maximum absolute atomic E-state index is 15.4. The van der Waals surface area contributed by atoms with Crippen molar-refractivity contribution in [3.05, 3.63) is 95.3 Å². The second-order valence-corrected chi connectivity index (χ2v) is 10.4. The minimum absolute atomic E-state index is 0.0357. The number of benzene rings is 3. The monoisotopic (exact) mass is 532 g/mol.